The predicted octanol–water partition coefficient (Wildman–Crippen LogP) is 5.16. The zero-order valence-corrected chi connectivity index (χ0v) is 14.9. The summed E-state index contributed by atoms with van der Waals surface area (Å²) in [5, 5.41) is 2.10. The van der Waals surface area contributed by atoms with Crippen LogP contribution in [0.4, 0.5) is 0 Å². The molecule has 0 aliphatic heterocycles. The van der Waals surface area contributed by atoms with Crippen LogP contribution in [0.1, 0.15) is 11.1 Å². The van der Waals surface area contributed by atoms with Gasteiger partial charge >= 0.3 is 0 Å². The Kier molecular flexibility index (Phi) is 2.51. The van der Waals surface area contributed by atoms with Gasteiger partial charge in [-0.3, -0.25) is 9.38 Å². The Morgan fingerprint density at radius 3 is 2.46 bits per heavy atom. The molecule has 0 amide bonds. The average molecular weight is 358 g/mol. The summed E-state index contributed by atoms with van der Waals surface area (Å²) in [7, 11) is 0. The predicted molar refractivity (Wildman–Crippen MR) is 112 cm³/mol. The van der Waals surface area contributed by atoms with E-state index < -0.39 is 0 Å². The second kappa shape index (κ2) is 4.93. The Morgan fingerprint density at radius 2 is 1.54 bits per heavy atom. The number of aromatic nitrogens is 4. The highest BCUT2D eigenvalue weighted by Crippen LogP contribution is 2.42. The third-order valence-electron chi connectivity index (χ3n) is 5.87. The molecule has 0 radical (unpaired) electrons. The summed E-state index contributed by atoms with van der Waals surface area (Å²) in [4.78, 5) is 14.4. The summed E-state index contributed by atoms with van der Waals surface area (Å²) in [6, 6.07) is 21.2. The number of hydrogen-bond donors (Lipinski definition) is 0. The van der Waals surface area contributed by atoms with Crippen molar-refractivity contribution in [3.63, 3.8) is 0 Å². The number of pyridine rings is 3. The van der Waals surface area contributed by atoms with Crippen molar-refractivity contribution in [3.8, 4) is 11.1 Å². The molecule has 28 heavy (non-hydrogen) atoms. The lowest BCUT2D eigenvalue weighted by atomic mass is 10.0. The number of imidazole rings is 1. The largest absolute Gasteiger partial charge is 0.275 e. The molecule has 4 nitrogen and oxygen atoms in total. The molecule has 0 unspecified atom stereocenters. The fourth-order valence-corrected chi connectivity index (χ4v) is 4.73. The van der Waals surface area contributed by atoms with Gasteiger partial charge in [-0.15, -0.1) is 0 Å². The summed E-state index contributed by atoms with van der Waals surface area (Å²) in [5.74, 6) is 0. The molecular formula is C24H14N4. The molecule has 4 heteroatoms. The van der Waals surface area contributed by atoms with Gasteiger partial charge in [-0.05, 0) is 53.4 Å². The van der Waals surface area contributed by atoms with Gasteiger partial charge in [0.15, 0.2) is 0 Å². The normalized spacial score (nSPS) is 12.9. The van der Waals surface area contributed by atoms with E-state index in [4.69, 9.17) is 9.97 Å². The molecule has 0 atom stereocenters. The smallest absolute Gasteiger partial charge is 0.149 e. The van der Waals surface area contributed by atoms with Gasteiger partial charge in [0.05, 0.1) is 16.6 Å². The van der Waals surface area contributed by atoms with Crippen LogP contribution in [0.15, 0.2) is 73.1 Å². The Morgan fingerprint density at radius 1 is 0.714 bits per heavy atom. The Bertz CT molecular complexity index is 1590. The van der Waals surface area contributed by atoms with Gasteiger partial charge in [0.2, 0.25) is 0 Å². The molecular weight excluding hydrogens is 344 g/mol. The molecule has 1 aliphatic rings. The lowest BCUT2D eigenvalue weighted by Gasteiger charge is -2.09. The van der Waals surface area contributed by atoms with Gasteiger partial charge in [-0.25, -0.2) is 9.97 Å². The van der Waals surface area contributed by atoms with E-state index in [0.717, 1.165) is 45.0 Å². The molecule has 0 N–H and O–H groups in total. The lowest BCUT2D eigenvalue weighted by molar-refractivity contribution is 1.22. The first-order valence-electron chi connectivity index (χ1n) is 9.44. The minimum Gasteiger partial charge on any atom is -0.275 e. The number of rotatable bonds is 0. The first-order valence-corrected chi connectivity index (χ1v) is 9.44. The molecule has 4 aromatic heterocycles. The van der Waals surface area contributed by atoms with E-state index in [0.29, 0.717) is 0 Å². The van der Waals surface area contributed by atoms with E-state index in [1.165, 1.54) is 22.3 Å². The second-order valence-corrected chi connectivity index (χ2v) is 7.35. The van der Waals surface area contributed by atoms with E-state index in [1.54, 1.807) is 0 Å². The Hall–Kier alpha value is -3.79. The summed E-state index contributed by atoms with van der Waals surface area (Å²) in [6.45, 7) is 0. The van der Waals surface area contributed by atoms with E-state index in [-0.39, 0.29) is 0 Å². The summed E-state index contributed by atoms with van der Waals surface area (Å²) < 4.78 is 2.23. The second-order valence-electron chi connectivity index (χ2n) is 7.35. The molecule has 0 fully saturated rings. The zero-order valence-electron chi connectivity index (χ0n) is 14.9. The molecule has 7 rings (SSSR count). The van der Waals surface area contributed by atoms with Gasteiger partial charge in [-0.1, -0.05) is 30.3 Å². The van der Waals surface area contributed by atoms with Crippen molar-refractivity contribution in [2.75, 3.05) is 0 Å². The van der Waals surface area contributed by atoms with E-state index >= 15 is 0 Å². The van der Waals surface area contributed by atoms with Gasteiger partial charge in [0, 0.05) is 28.7 Å². The quantitative estimate of drug-likeness (QED) is 0.352. The maximum Gasteiger partial charge on any atom is 0.149 e. The highest BCUT2D eigenvalue weighted by molar-refractivity contribution is 6.12. The minimum absolute atomic E-state index is 0.906. The molecule has 0 saturated heterocycles. The van der Waals surface area contributed by atoms with Crippen LogP contribution in [0, 0.1) is 0 Å². The number of nitrogens with zero attached hydrogens (tertiary/aromatic N) is 4. The molecule has 2 aromatic carbocycles. The maximum absolute atomic E-state index is 5.03. The van der Waals surface area contributed by atoms with Crippen molar-refractivity contribution in [2.24, 2.45) is 0 Å². The van der Waals surface area contributed by atoms with Crippen LogP contribution in [-0.4, -0.2) is 19.4 Å². The maximum atomic E-state index is 5.03. The van der Waals surface area contributed by atoms with Crippen molar-refractivity contribution < 1.29 is 0 Å². The lowest BCUT2D eigenvalue weighted by Crippen LogP contribution is -1.96. The van der Waals surface area contributed by atoms with Crippen molar-refractivity contribution in [2.45, 2.75) is 6.42 Å². The highest BCUT2D eigenvalue weighted by Gasteiger charge is 2.24. The first-order chi connectivity index (χ1) is 13.9. The van der Waals surface area contributed by atoms with E-state index in [2.05, 4.69) is 57.9 Å². The van der Waals surface area contributed by atoms with Crippen LogP contribution in [-0.2, 0) is 6.42 Å². The van der Waals surface area contributed by atoms with Gasteiger partial charge in [0.25, 0.3) is 0 Å². The summed E-state index contributed by atoms with van der Waals surface area (Å²) in [5.41, 5.74) is 10.2. The third kappa shape index (κ3) is 1.63. The number of hydrogen-bond acceptors (Lipinski definition) is 3. The van der Waals surface area contributed by atoms with Crippen LogP contribution < -0.4 is 0 Å². The molecule has 0 saturated carbocycles. The third-order valence-corrected chi connectivity index (χ3v) is 5.87. The Balaban J connectivity index is 1.82. The van der Waals surface area contributed by atoms with Gasteiger partial charge in [-0.2, -0.15) is 0 Å². The molecule has 0 spiro atoms. The average Bonchev–Trinajstić information content (AvgIpc) is 3.32. The van der Waals surface area contributed by atoms with Crippen LogP contribution >= 0.6 is 0 Å². The van der Waals surface area contributed by atoms with Crippen molar-refractivity contribution >= 4 is 38.6 Å². The summed E-state index contributed by atoms with van der Waals surface area (Å²) in [6.07, 6.45) is 4.65. The number of fused-ring (bicyclic) bond motifs is 12. The van der Waals surface area contributed by atoms with Crippen LogP contribution in [0.5, 0.6) is 0 Å². The fraction of sp³-hybridized carbons (Fsp3) is 0.0417. The zero-order chi connectivity index (χ0) is 18.2. The van der Waals surface area contributed by atoms with Crippen molar-refractivity contribution in [1.29, 1.82) is 0 Å². The van der Waals surface area contributed by atoms with Crippen LogP contribution in [0.3, 0.4) is 0 Å². The molecule has 6 aromatic rings. The van der Waals surface area contributed by atoms with E-state index in [1.807, 2.05) is 24.5 Å². The Labute approximate surface area is 160 Å². The van der Waals surface area contributed by atoms with Gasteiger partial charge in [0.1, 0.15) is 11.3 Å². The molecule has 130 valence electrons. The number of benzene rings is 2. The topological polar surface area (TPSA) is 43.1 Å². The highest BCUT2D eigenvalue weighted by atomic mass is 15.1. The molecule has 0 bridgehead atoms. The van der Waals surface area contributed by atoms with Crippen molar-refractivity contribution in [1.82, 2.24) is 19.4 Å². The molecule has 1 aliphatic carbocycles. The fourth-order valence-electron chi connectivity index (χ4n) is 4.73. The van der Waals surface area contributed by atoms with Crippen molar-refractivity contribution in [3.05, 3.63) is 84.2 Å². The summed E-state index contributed by atoms with van der Waals surface area (Å²) >= 11 is 0. The monoisotopic (exact) mass is 358 g/mol. The SMILES string of the molecule is c1ccc2c(c1)Cc1ccc3nc4c5cccnc5c5cccnc5n4c3c1-2. The first kappa shape index (κ1) is 14.3. The standard InChI is InChI=1S/C24H14N4/c1-2-6-16-14(5-1)13-15-9-10-19-22(20(15)16)28-23-17(7-4-12-26-23)21-18(24(28)27-19)8-3-11-25-21/h1-12H,13H2. The van der Waals surface area contributed by atoms with E-state index in [9.17, 15) is 0 Å². The van der Waals surface area contributed by atoms with Crippen LogP contribution in [0.2, 0.25) is 0 Å². The minimum atomic E-state index is 0.906. The van der Waals surface area contributed by atoms with Crippen LogP contribution in [0.25, 0.3) is 49.7 Å². The van der Waals surface area contributed by atoms with Gasteiger partial charge < -0.3 is 0 Å². The molecule has 4 heterocycles.